The van der Waals surface area contributed by atoms with Crippen LogP contribution in [-0.4, -0.2) is 32.0 Å². The second-order valence-corrected chi connectivity index (χ2v) is 1.54. The number of hydrogen-bond donors (Lipinski definition) is 3. The third-order valence-corrected chi connectivity index (χ3v) is 0. The molecule has 0 aliphatic rings. The Hall–Kier alpha value is 1.69. The fourth-order valence-corrected chi connectivity index (χ4v) is 0. The molecule has 3 N–H and O–H groups in total. The molecular formula is H6AlCrFeO4P. The van der Waals surface area contributed by atoms with E-state index >= 15 is 0 Å². The normalized spacial score (nSPS) is 8.00. The van der Waals surface area contributed by atoms with Crippen molar-refractivity contribution in [3.05, 3.63) is 0 Å². The Morgan fingerprint density at radius 3 is 1.25 bits per heavy atom. The van der Waals surface area contributed by atoms with Crippen molar-refractivity contribution in [2.45, 2.75) is 0 Å². The van der Waals surface area contributed by atoms with Crippen molar-refractivity contribution >= 4 is 25.2 Å². The summed E-state index contributed by atoms with van der Waals surface area (Å²) < 4.78 is 8.88. The molecule has 52 valence electrons. The van der Waals surface area contributed by atoms with Crippen molar-refractivity contribution in [3.8, 4) is 0 Å². The van der Waals surface area contributed by atoms with Crippen molar-refractivity contribution in [3.63, 3.8) is 0 Å². The van der Waals surface area contributed by atoms with E-state index < -0.39 is 7.82 Å². The molecule has 0 saturated carbocycles. The molecule has 0 radical (unpaired) electrons. The van der Waals surface area contributed by atoms with Crippen LogP contribution in [0.5, 0.6) is 0 Å². The van der Waals surface area contributed by atoms with Gasteiger partial charge in [-0.25, -0.2) is 4.57 Å². The predicted octanol–water partition coefficient (Wildman–Crippen LogP) is -2.12. The molecule has 8 heavy (non-hydrogen) atoms. The molecule has 0 bridgehead atoms. The summed E-state index contributed by atoms with van der Waals surface area (Å²) >= 11 is 5.50. The summed E-state index contributed by atoms with van der Waals surface area (Å²) in [5.41, 5.74) is 0. The summed E-state index contributed by atoms with van der Waals surface area (Å²) in [7, 11) is -4.64. The van der Waals surface area contributed by atoms with E-state index in [9.17, 15) is 0 Å². The van der Waals surface area contributed by atoms with Crippen LogP contribution in [0, 0.1) is 0 Å². The van der Waals surface area contributed by atoms with Crippen molar-refractivity contribution in [1.29, 1.82) is 0 Å². The molecule has 0 heterocycles. The van der Waals surface area contributed by atoms with E-state index in [1.807, 2.05) is 0 Å². The van der Waals surface area contributed by atoms with Crippen LogP contribution < -0.4 is 0 Å². The second-order valence-electron chi connectivity index (χ2n) is 0.513. The average Bonchev–Trinajstić information content (AvgIpc) is 1.36. The zero-order chi connectivity index (χ0) is 6.50. The van der Waals surface area contributed by atoms with Crippen LogP contribution in [0.25, 0.3) is 0 Å². The monoisotopic (exact) mass is 236 g/mol. The fourth-order valence-electron chi connectivity index (χ4n) is 0. The van der Waals surface area contributed by atoms with Crippen molar-refractivity contribution < 1.29 is 47.8 Å². The van der Waals surface area contributed by atoms with E-state index in [1.165, 1.54) is 0 Å². The zero-order valence-electron chi connectivity index (χ0n) is 2.96. The van der Waals surface area contributed by atoms with Crippen molar-refractivity contribution in [2.24, 2.45) is 0 Å². The summed E-state index contributed by atoms with van der Waals surface area (Å²) in [5.74, 6) is 0. The van der Waals surface area contributed by atoms with Gasteiger partial charge in [0.2, 0.25) is 0 Å². The van der Waals surface area contributed by atoms with E-state index in [2.05, 4.69) is 28.6 Å². The van der Waals surface area contributed by atoms with Gasteiger partial charge in [-0.05, 0) is 0 Å². The van der Waals surface area contributed by atoms with Crippen molar-refractivity contribution in [1.82, 2.24) is 0 Å². The van der Waals surface area contributed by atoms with Crippen LogP contribution in [0.1, 0.15) is 0 Å². The molecule has 0 aromatic rings. The Morgan fingerprint density at radius 1 is 1.25 bits per heavy atom. The van der Waals surface area contributed by atoms with E-state index in [-0.39, 0.29) is 17.4 Å². The van der Waals surface area contributed by atoms with Gasteiger partial charge in [-0.3, -0.25) is 0 Å². The molecular weight excluding hydrogens is 230 g/mol. The number of hydrogen-bond acceptors (Lipinski definition) is 1. The predicted molar refractivity (Wildman–Crippen MR) is 24.2 cm³/mol. The molecule has 0 saturated heterocycles. The van der Waals surface area contributed by atoms with Gasteiger partial charge in [0.05, 0.1) is 0 Å². The van der Waals surface area contributed by atoms with Gasteiger partial charge in [-0.15, -0.1) is 0 Å². The van der Waals surface area contributed by atoms with Crippen LogP contribution in [0.2, 0.25) is 0 Å². The third-order valence-electron chi connectivity index (χ3n) is 0. The van der Waals surface area contributed by atoms with Gasteiger partial charge < -0.3 is 14.7 Å². The zero-order valence-corrected chi connectivity index (χ0v) is 6.23. The van der Waals surface area contributed by atoms with Gasteiger partial charge in [0.25, 0.3) is 0 Å². The molecule has 0 fully saturated rings. The molecule has 0 spiro atoms. The molecule has 0 rings (SSSR count). The maximum atomic E-state index is 8.88. The molecule has 0 unspecified atom stereocenters. The van der Waals surface area contributed by atoms with E-state index in [1.54, 1.807) is 0 Å². The fraction of sp³-hybridized carbons (Fsp3) is 0. The molecule has 0 aromatic heterocycles. The Balaban J connectivity index is -0.0000000750. The minimum atomic E-state index is -4.64. The first-order valence-electron chi connectivity index (χ1n) is 0.927. The summed E-state index contributed by atoms with van der Waals surface area (Å²) in [6.45, 7) is 0. The molecule has 0 aliphatic carbocycles. The first kappa shape index (κ1) is 16.4. The topological polar surface area (TPSA) is 77.8 Å². The van der Waals surface area contributed by atoms with Gasteiger partial charge in [0.15, 0.2) is 17.4 Å². The minimum absolute atomic E-state index is 0. The van der Waals surface area contributed by atoms with Gasteiger partial charge in [0.1, 0.15) is 0 Å². The molecule has 8 heteroatoms. The van der Waals surface area contributed by atoms with Gasteiger partial charge >= 0.3 is 36.4 Å². The molecule has 4 nitrogen and oxygen atoms in total. The van der Waals surface area contributed by atoms with E-state index in [0.717, 1.165) is 0 Å². The van der Waals surface area contributed by atoms with Gasteiger partial charge in [0, 0.05) is 0 Å². The van der Waals surface area contributed by atoms with Gasteiger partial charge in [-0.2, -0.15) is 0 Å². The van der Waals surface area contributed by atoms with Crippen LogP contribution in [0.4, 0.5) is 0 Å². The molecule has 0 aromatic carbocycles. The summed E-state index contributed by atoms with van der Waals surface area (Å²) in [4.78, 5) is 21.6. The summed E-state index contributed by atoms with van der Waals surface area (Å²) in [6, 6.07) is 0. The second kappa shape index (κ2) is 8.69. The average molecular weight is 236 g/mol. The van der Waals surface area contributed by atoms with Crippen molar-refractivity contribution in [2.75, 3.05) is 0 Å². The Bertz CT molecular complexity index is 62.2. The Morgan fingerprint density at radius 2 is 1.25 bits per heavy atom. The maximum absolute atomic E-state index is 8.88. The van der Waals surface area contributed by atoms with E-state index in [0.29, 0.717) is 0 Å². The third kappa shape index (κ3) is 120. The molecule has 0 aliphatic heterocycles. The van der Waals surface area contributed by atoms with Crippen LogP contribution in [-0.2, 0) is 33.1 Å². The number of phosphoric acid groups is 1. The first-order chi connectivity index (χ1) is 3.00. The molecule has 0 atom stereocenters. The van der Waals surface area contributed by atoms with Crippen LogP contribution >= 0.6 is 7.82 Å². The van der Waals surface area contributed by atoms with Gasteiger partial charge in [-0.1, -0.05) is 0 Å². The Kier molecular flexibility index (Phi) is 17.8. The SMILES string of the molecule is O=P(O)(O)O.[AlH3].[Cr][Fe]. The standard InChI is InChI=1S/Al.Cr.Fe.H3O4P.3H/c;;;1-5(2,3)4;;;/h;;;(H3,1,2,3,4);;;. The first-order valence-corrected chi connectivity index (χ1v) is 4.80. The number of rotatable bonds is 0. The van der Waals surface area contributed by atoms with Crippen LogP contribution in [0.15, 0.2) is 0 Å². The summed E-state index contributed by atoms with van der Waals surface area (Å²) in [5, 5.41) is 0. The van der Waals surface area contributed by atoms with E-state index in [4.69, 9.17) is 19.2 Å². The summed E-state index contributed by atoms with van der Waals surface area (Å²) in [6.07, 6.45) is 0. The quantitative estimate of drug-likeness (QED) is 0.332. The molecule has 0 amide bonds. The Labute approximate surface area is 72.8 Å². The van der Waals surface area contributed by atoms with Crippen LogP contribution in [0.3, 0.4) is 0 Å².